The largest absolute Gasteiger partial charge is 0.466 e. The first kappa shape index (κ1) is 13.6. The van der Waals surface area contributed by atoms with Gasteiger partial charge < -0.3 is 10.1 Å². The Morgan fingerprint density at radius 1 is 1.47 bits per heavy atom. The van der Waals surface area contributed by atoms with Crippen molar-refractivity contribution in [1.29, 1.82) is 0 Å². The SMILES string of the molecule is CCOC(=O)CCCNCc1ccc(C)nc1. The maximum absolute atomic E-state index is 11.1. The molecule has 0 amide bonds. The van der Waals surface area contributed by atoms with Gasteiger partial charge in [0.25, 0.3) is 0 Å². The number of aromatic nitrogens is 1. The maximum atomic E-state index is 11.1. The van der Waals surface area contributed by atoms with E-state index in [4.69, 9.17) is 4.74 Å². The van der Waals surface area contributed by atoms with Gasteiger partial charge in [0.05, 0.1) is 6.61 Å². The molecule has 0 aliphatic carbocycles. The van der Waals surface area contributed by atoms with Gasteiger partial charge in [0.15, 0.2) is 0 Å². The number of rotatable bonds is 7. The van der Waals surface area contributed by atoms with Gasteiger partial charge in [-0.25, -0.2) is 0 Å². The van der Waals surface area contributed by atoms with Gasteiger partial charge in [-0.2, -0.15) is 0 Å². The van der Waals surface area contributed by atoms with E-state index in [0.29, 0.717) is 13.0 Å². The Labute approximate surface area is 102 Å². The topological polar surface area (TPSA) is 51.2 Å². The molecule has 0 aliphatic rings. The molecule has 94 valence electrons. The minimum absolute atomic E-state index is 0.119. The molecule has 4 nitrogen and oxygen atoms in total. The smallest absolute Gasteiger partial charge is 0.305 e. The number of hydrogen-bond acceptors (Lipinski definition) is 4. The molecule has 1 N–H and O–H groups in total. The van der Waals surface area contributed by atoms with Crippen LogP contribution in [0.15, 0.2) is 18.3 Å². The molecule has 0 aliphatic heterocycles. The highest BCUT2D eigenvalue weighted by Gasteiger charge is 2.00. The summed E-state index contributed by atoms with van der Waals surface area (Å²) in [6.07, 6.45) is 3.15. The van der Waals surface area contributed by atoms with Crippen molar-refractivity contribution in [1.82, 2.24) is 10.3 Å². The summed E-state index contributed by atoms with van der Waals surface area (Å²) in [5.41, 5.74) is 2.18. The third-order valence-corrected chi connectivity index (χ3v) is 2.34. The van der Waals surface area contributed by atoms with Gasteiger partial charge in [-0.05, 0) is 38.4 Å². The molecular formula is C13H20N2O2. The van der Waals surface area contributed by atoms with Crippen molar-refractivity contribution in [2.45, 2.75) is 33.2 Å². The summed E-state index contributed by atoms with van der Waals surface area (Å²) in [6, 6.07) is 4.05. The van der Waals surface area contributed by atoms with Gasteiger partial charge in [0, 0.05) is 24.9 Å². The number of pyridine rings is 1. The molecule has 0 bridgehead atoms. The van der Waals surface area contributed by atoms with Crippen LogP contribution < -0.4 is 5.32 Å². The lowest BCUT2D eigenvalue weighted by Gasteiger charge is -2.05. The fourth-order valence-electron chi connectivity index (χ4n) is 1.43. The highest BCUT2D eigenvalue weighted by atomic mass is 16.5. The Hall–Kier alpha value is -1.42. The quantitative estimate of drug-likeness (QED) is 0.579. The Morgan fingerprint density at radius 3 is 2.94 bits per heavy atom. The van der Waals surface area contributed by atoms with Crippen LogP contribution in [0.5, 0.6) is 0 Å². The Balaban J connectivity index is 2.08. The van der Waals surface area contributed by atoms with Gasteiger partial charge in [0.2, 0.25) is 0 Å². The first-order valence-electron chi connectivity index (χ1n) is 6.00. The minimum Gasteiger partial charge on any atom is -0.466 e. The zero-order chi connectivity index (χ0) is 12.5. The first-order chi connectivity index (χ1) is 8.22. The van der Waals surface area contributed by atoms with Crippen molar-refractivity contribution in [2.75, 3.05) is 13.2 Å². The molecule has 1 aromatic rings. The summed E-state index contributed by atoms with van der Waals surface area (Å²) in [6.45, 7) is 5.85. The van der Waals surface area contributed by atoms with E-state index in [2.05, 4.69) is 16.4 Å². The highest BCUT2D eigenvalue weighted by molar-refractivity contribution is 5.69. The van der Waals surface area contributed by atoms with Crippen LogP contribution in [0.4, 0.5) is 0 Å². The summed E-state index contributed by atoms with van der Waals surface area (Å²) >= 11 is 0. The van der Waals surface area contributed by atoms with Gasteiger partial charge >= 0.3 is 5.97 Å². The number of aryl methyl sites for hydroxylation is 1. The second-order valence-electron chi connectivity index (χ2n) is 3.89. The molecule has 0 spiro atoms. The maximum Gasteiger partial charge on any atom is 0.305 e. The summed E-state index contributed by atoms with van der Waals surface area (Å²) < 4.78 is 4.84. The third kappa shape index (κ3) is 6.02. The molecule has 4 heteroatoms. The number of ether oxygens (including phenoxy) is 1. The fourth-order valence-corrected chi connectivity index (χ4v) is 1.43. The van der Waals surface area contributed by atoms with Crippen LogP contribution in [-0.2, 0) is 16.1 Å². The lowest BCUT2D eigenvalue weighted by atomic mass is 10.2. The lowest BCUT2D eigenvalue weighted by Crippen LogP contribution is -2.16. The van der Waals surface area contributed by atoms with Crippen LogP contribution in [0.3, 0.4) is 0 Å². The number of nitrogens with zero attached hydrogens (tertiary/aromatic N) is 1. The third-order valence-electron chi connectivity index (χ3n) is 2.34. The van der Waals surface area contributed by atoms with Gasteiger partial charge in [-0.1, -0.05) is 6.07 Å². The number of carbonyl (C=O) groups excluding carboxylic acids is 1. The normalized spacial score (nSPS) is 10.2. The zero-order valence-electron chi connectivity index (χ0n) is 10.5. The second-order valence-corrected chi connectivity index (χ2v) is 3.89. The van der Waals surface area contributed by atoms with E-state index in [1.807, 2.05) is 26.1 Å². The Morgan fingerprint density at radius 2 is 2.29 bits per heavy atom. The van der Waals surface area contributed by atoms with Crippen LogP contribution >= 0.6 is 0 Å². The minimum atomic E-state index is -0.119. The molecule has 0 aromatic carbocycles. The Kier molecular flexibility index (Phi) is 6.25. The summed E-state index contributed by atoms with van der Waals surface area (Å²) in [4.78, 5) is 15.3. The molecule has 0 unspecified atom stereocenters. The fraction of sp³-hybridized carbons (Fsp3) is 0.538. The monoisotopic (exact) mass is 236 g/mol. The van der Waals surface area contributed by atoms with Crippen molar-refractivity contribution in [3.05, 3.63) is 29.6 Å². The van der Waals surface area contributed by atoms with E-state index >= 15 is 0 Å². The van der Waals surface area contributed by atoms with Gasteiger partial charge in [0.1, 0.15) is 0 Å². The van der Waals surface area contributed by atoms with Gasteiger partial charge in [-0.15, -0.1) is 0 Å². The van der Waals surface area contributed by atoms with Crippen LogP contribution in [0.2, 0.25) is 0 Å². The molecule has 0 radical (unpaired) electrons. The van der Waals surface area contributed by atoms with Crippen molar-refractivity contribution in [3.8, 4) is 0 Å². The van der Waals surface area contributed by atoms with E-state index < -0.39 is 0 Å². The van der Waals surface area contributed by atoms with E-state index in [0.717, 1.165) is 30.8 Å². The van der Waals surface area contributed by atoms with Crippen LogP contribution in [0, 0.1) is 6.92 Å². The number of nitrogens with one attached hydrogen (secondary N) is 1. The molecule has 1 heterocycles. The predicted octanol–water partition coefficient (Wildman–Crippen LogP) is 1.82. The molecule has 0 saturated heterocycles. The van der Waals surface area contributed by atoms with E-state index in [1.54, 1.807) is 0 Å². The molecule has 17 heavy (non-hydrogen) atoms. The first-order valence-corrected chi connectivity index (χ1v) is 6.00. The molecule has 1 aromatic heterocycles. The molecular weight excluding hydrogens is 216 g/mol. The summed E-state index contributed by atoms with van der Waals surface area (Å²) in [5.74, 6) is -0.119. The van der Waals surface area contributed by atoms with E-state index in [-0.39, 0.29) is 5.97 Å². The van der Waals surface area contributed by atoms with Crippen molar-refractivity contribution in [2.24, 2.45) is 0 Å². The van der Waals surface area contributed by atoms with Crippen LogP contribution in [-0.4, -0.2) is 24.1 Å². The van der Waals surface area contributed by atoms with E-state index in [9.17, 15) is 4.79 Å². The second kappa shape index (κ2) is 7.79. The highest BCUT2D eigenvalue weighted by Crippen LogP contribution is 1.99. The van der Waals surface area contributed by atoms with Crippen LogP contribution in [0.1, 0.15) is 31.0 Å². The lowest BCUT2D eigenvalue weighted by molar-refractivity contribution is -0.143. The molecule has 1 rings (SSSR count). The summed E-state index contributed by atoms with van der Waals surface area (Å²) in [5, 5.41) is 3.27. The molecule has 0 atom stereocenters. The van der Waals surface area contributed by atoms with Gasteiger partial charge in [-0.3, -0.25) is 9.78 Å². The van der Waals surface area contributed by atoms with E-state index in [1.165, 1.54) is 0 Å². The standard InChI is InChI=1S/C13H20N2O2/c1-3-17-13(16)5-4-8-14-9-12-7-6-11(2)15-10-12/h6-7,10,14H,3-5,8-9H2,1-2H3. The summed E-state index contributed by atoms with van der Waals surface area (Å²) in [7, 11) is 0. The Bertz CT molecular complexity index is 336. The molecule has 0 fully saturated rings. The molecule has 0 saturated carbocycles. The van der Waals surface area contributed by atoms with Crippen molar-refractivity contribution >= 4 is 5.97 Å². The number of hydrogen-bond donors (Lipinski definition) is 1. The predicted molar refractivity (Wildman–Crippen MR) is 66.5 cm³/mol. The zero-order valence-corrected chi connectivity index (χ0v) is 10.5. The van der Waals surface area contributed by atoms with Crippen molar-refractivity contribution in [3.63, 3.8) is 0 Å². The van der Waals surface area contributed by atoms with Crippen LogP contribution in [0.25, 0.3) is 0 Å². The average Bonchev–Trinajstić information content (AvgIpc) is 2.31. The number of carbonyl (C=O) groups is 1. The van der Waals surface area contributed by atoms with Crippen molar-refractivity contribution < 1.29 is 9.53 Å². The number of esters is 1. The average molecular weight is 236 g/mol.